The highest BCUT2D eigenvalue weighted by Gasteiger charge is 2.13. The van der Waals surface area contributed by atoms with E-state index in [4.69, 9.17) is 9.84 Å². The monoisotopic (exact) mass is 278 g/mol. The minimum Gasteiger partial charge on any atom is -0.478 e. The molecule has 0 amide bonds. The number of carbonyl (C=O) groups is 1. The maximum Gasteiger partial charge on any atom is 0.337 e. The second kappa shape index (κ2) is 7.24. The van der Waals surface area contributed by atoms with Crippen LogP contribution in [0.2, 0.25) is 0 Å². The average molecular weight is 278 g/mol. The number of hydrogen-bond acceptors (Lipinski definition) is 4. The van der Waals surface area contributed by atoms with Crippen molar-refractivity contribution in [3.05, 3.63) is 23.4 Å². The fourth-order valence-corrected chi connectivity index (χ4v) is 2.52. The summed E-state index contributed by atoms with van der Waals surface area (Å²) in [5.41, 5.74) is 0.768. The lowest BCUT2D eigenvalue weighted by atomic mass is 9.98. The number of aromatic carboxylic acids is 1. The number of nitrogens with zero attached hydrogens (tertiary/aromatic N) is 1. The fourth-order valence-electron chi connectivity index (χ4n) is 2.52. The fraction of sp³-hybridized carbons (Fsp3) is 0.600. The predicted molar refractivity (Wildman–Crippen MR) is 77.2 cm³/mol. The van der Waals surface area contributed by atoms with E-state index in [1.807, 2.05) is 0 Å². The highest BCUT2D eigenvalue weighted by molar-refractivity contribution is 5.89. The summed E-state index contributed by atoms with van der Waals surface area (Å²) in [4.78, 5) is 15.1. The van der Waals surface area contributed by atoms with Crippen LogP contribution in [0.1, 0.15) is 48.2 Å². The van der Waals surface area contributed by atoms with Crippen molar-refractivity contribution in [3.63, 3.8) is 0 Å². The summed E-state index contributed by atoms with van der Waals surface area (Å²) in [7, 11) is 0. The second-order valence-corrected chi connectivity index (χ2v) is 5.19. The molecule has 0 atom stereocenters. The average Bonchev–Trinajstić information content (AvgIpc) is 2.44. The van der Waals surface area contributed by atoms with Gasteiger partial charge in [-0.2, -0.15) is 0 Å². The Hall–Kier alpha value is -1.62. The van der Waals surface area contributed by atoms with Crippen LogP contribution >= 0.6 is 0 Å². The smallest absolute Gasteiger partial charge is 0.337 e. The molecule has 0 saturated heterocycles. The van der Waals surface area contributed by atoms with Crippen LogP contribution < -0.4 is 5.32 Å². The van der Waals surface area contributed by atoms with Gasteiger partial charge in [0, 0.05) is 6.54 Å². The first-order chi connectivity index (χ1) is 9.66. The van der Waals surface area contributed by atoms with E-state index in [9.17, 15) is 4.79 Å². The van der Waals surface area contributed by atoms with Crippen molar-refractivity contribution in [1.29, 1.82) is 0 Å². The molecule has 1 aromatic rings. The van der Waals surface area contributed by atoms with Gasteiger partial charge in [0.25, 0.3) is 0 Å². The standard InChI is InChI=1S/C15H22N2O3/c1-11-13(15(18)19)7-8-14(17-11)16-9-10-20-12-5-3-2-4-6-12/h7-8,12H,2-6,9-10H2,1H3,(H,16,17)(H,18,19). The number of aryl methyl sites for hydroxylation is 1. The van der Waals surface area contributed by atoms with Gasteiger partial charge in [-0.05, 0) is 31.9 Å². The second-order valence-electron chi connectivity index (χ2n) is 5.19. The zero-order valence-corrected chi connectivity index (χ0v) is 11.9. The van der Waals surface area contributed by atoms with Crippen LogP contribution in [0, 0.1) is 6.92 Å². The van der Waals surface area contributed by atoms with Crippen molar-refractivity contribution >= 4 is 11.8 Å². The molecule has 110 valence electrons. The zero-order chi connectivity index (χ0) is 14.4. The number of rotatable bonds is 6. The molecule has 0 aliphatic heterocycles. The summed E-state index contributed by atoms with van der Waals surface area (Å²) in [6.07, 6.45) is 6.63. The molecule has 1 aliphatic rings. The summed E-state index contributed by atoms with van der Waals surface area (Å²) < 4.78 is 5.81. The van der Waals surface area contributed by atoms with Crippen molar-refractivity contribution in [2.45, 2.75) is 45.1 Å². The Balaban J connectivity index is 1.73. The van der Waals surface area contributed by atoms with Gasteiger partial charge in [-0.25, -0.2) is 9.78 Å². The molecule has 20 heavy (non-hydrogen) atoms. The first kappa shape index (κ1) is 14.8. The quantitative estimate of drug-likeness (QED) is 0.783. The van der Waals surface area contributed by atoms with Gasteiger partial charge in [0.05, 0.1) is 24.0 Å². The number of aromatic nitrogens is 1. The van der Waals surface area contributed by atoms with Crippen molar-refractivity contribution in [2.24, 2.45) is 0 Å². The van der Waals surface area contributed by atoms with Crippen LogP contribution in [0.3, 0.4) is 0 Å². The molecule has 1 aromatic heterocycles. The van der Waals surface area contributed by atoms with Gasteiger partial charge in [-0.15, -0.1) is 0 Å². The van der Waals surface area contributed by atoms with Crippen LogP contribution in [-0.2, 0) is 4.74 Å². The predicted octanol–water partition coefficient (Wildman–Crippen LogP) is 2.85. The van der Waals surface area contributed by atoms with E-state index in [0.717, 1.165) is 0 Å². The normalized spacial score (nSPS) is 16.1. The summed E-state index contributed by atoms with van der Waals surface area (Å²) >= 11 is 0. The number of carboxylic acid groups (broad SMARTS) is 1. The van der Waals surface area contributed by atoms with Gasteiger partial charge < -0.3 is 15.2 Å². The zero-order valence-electron chi connectivity index (χ0n) is 11.9. The van der Waals surface area contributed by atoms with E-state index in [-0.39, 0.29) is 5.56 Å². The van der Waals surface area contributed by atoms with Crippen LogP contribution in [-0.4, -0.2) is 35.3 Å². The number of ether oxygens (including phenoxy) is 1. The number of nitrogens with one attached hydrogen (secondary N) is 1. The molecule has 1 saturated carbocycles. The lowest BCUT2D eigenvalue weighted by Crippen LogP contribution is -2.20. The molecule has 1 heterocycles. The van der Waals surface area contributed by atoms with E-state index in [1.54, 1.807) is 19.1 Å². The van der Waals surface area contributed by atoms with Gasteiger partial charge in [0.2, 0.25) is 0 Å². The van der Waals surface area contributed by atoms with Crippen LogP contribution in [0.15, 0.2) is 12.1 Å². The number of carboxylic acids is 1. The third kappa shape index (κ3) is 4.20. The molecule has 2 N–H and O–H groups in total. The molecule has 2 rings (SSSR count). The lowest BCUT2D eigenvalue weighted by Gasteiger charge is -2.22. The minimum atomic E-state index is -0.942. The third-order valence-electron chi connectivity index (χ3n) is 3.63. The SMILES string of the molecule is Cc1nc(NCCOC2CCCCC2)ccc1C(=O)O. The Morgan fingerprint density at radius 2 is 2.15 bits per heavy atom. The van der Waals surface area contributed by atoms with Gasteiger partial charge >= 0.3 is 5.97 Å². The number of anilines is 1. The molecule has 0 radical (unpaired) electrons. The topological polar surface area (TPSA) is 71.5 Å². The van der Waals surface area contributed by atoms with Crippen molar-refractivity contribution in [2.75, 3.05) is 18.5 Å². The van der Waals surface area contributed by atoms with Crippen molar-refractivity contribution in [3.8, 4) is 0 Å². The molecule has 1 aliphatic carbocycles. The summed E-state index contributed by atoms with van der Waals surface area (Å²) in [6, 6.07) is 3.27. The minimum absolute atomic E-state index is 0.244. The Morgan fingerprint density at radius 3 is 2.80 bits per heavy atom. The molecule has 0 spiro atoms. The maximum atomic E-state index is 10.9. The molecule has 5 nitrogen and oxygen atoms in total. The highest BCUT2D eigenvalue weighted by Crippen LogP contribution is 2.20. The van der Waals surface area contributed by atoms with Gasteiger partial charge in [0.15, 0.2) is 0 Å². The van der Waals surface area contributed by atoms with Gasteiger partial charge in [-0.1, -0.05) is 19.3 Å². The van der Waals surface area contributed by atoms with Crippen molar-refractivity contribution in [1.82, 2.24) is 4.98 Å². The van der Waals surface area contributed by atoms with E-state index < -0.39 is 5.97 Å². The first-order valence-electron chi connectivity index (χ1n) is 7.23. The molecular formula is C15H22N2O3. The summed E-state index contributed by atoms with van der Waals surface area (Å²) in [6.45, 7) is 3.05. The van der Waals surface area contributed by atoms with E-state index >= 15 is 0 Å². The molecule has 5 heteroatoms. The maximum absolute atomic E-state index is 10.9. The Labute approximate surface area is 119 Å². The first-order valence-corrected chi connectivity index (χ1v) is 7.23. The lowest BCUT2D eigenvalue weighted by molar-refractivity contribution is 0.0347. The number of pyridine rings is 1. The molecule has 0 aromatic carbocycles. The third-order valence-corrected chi connectivity index (χ3v) is 3.63. The van der Waals surface area contributed by atoms with Crippen LogP contribution in [0.25, 0.3) is 0 Å². The van der Waals surface area contributed by atoms with Crippen LogP contribution in [0.5, 0.6) is 0 Å². The Kier molecular flexibility index (Phi) is 5.35. The molecule has 1 fully saturated rings. The highest BCUT2D eigenvalue weighted by atomic mass is 16.5. The summed E-state index contributed by atoms with van der Waals surface area (Å²) in [5, 5.41) is 12.1. The van der Waals surface area contributed by atoms with E-state index in [2.05, 4.69) is 10.3 Å². The van der Waals surface area contributed by atoms with Crippen LogP contribution in [0.4, 0.5) is 5.82 Å². The van der Waals surface area contributed by atoms with Gasteiger partial charge in [0.1, 0.15) is 5.82 Å². The molecule has 0 unspecified atom stereocenters. The largest absolute Gasteiger partial charge is 0.478 e. The Morgan fingerprint density at radius 1 is 1.40 bits per heavy atom. The summed E-state index contributed by atoms with van der Waals surface area (Å²) in [5.74, 6) is -0.248. The van der Waals surface area contributed by atoms with E-state index in [0.29, 0.717) is 30.8 Å². The van der Waals surface area contributed by atoms with Crippen molar-refractivity contribution < 1.29 is 14.6 Å². The number of hydrogen-bond donors (Lipinski definition) is 2. The molecule has 0 bridgehead atoms. The van der Waals surface area contributed by atoms with Gasteiger partial charge in [-0.3, -0.25) is 0 Å². The Bertz CT molecular complexity index is 456. The molecular weight excluding hydrogens is 256 g/mol. The van der Waals surface area contributed by atoms with E-state index in [1.165, 1.54) is 32.1 Å².